The molecule has 2 fully saturated rings. The minimum absolute atomic E-state index is 0.577. The zero-order valence-electron chi connectivity index (χ0n) is 12.6. The zero-order valence-corrected chi connectivity index (χ0v) is 12.6. The van der Waals surface area contributed by atoms with E-state index >= 15 is 0 Å². The van der Waals surface area contributed by atoms with Gasteiger partial charge >= 0.3 is 0 Å². The van der Waals surface area contributed by atoms with Gasteiger partial charge in [0.2, 0.25) is 0 Å². The van der Waals surface area contributed by atoms with Gasteiger partial charge in [0.05, 0.1) is 6.33 Å². The van der Waals surface area contributed by atoms with Crippen molar-refractivity contribution in [2.45, 2.75) is 38.6 Å². The lowest BCUT2D eigenvalue weighted by atomic mass is 9.61. The van der Waals surface area contributed by atoms with E-state index in [1.165, 1.54) is 32.1 Å². The molecule has 0 aliphatic heterocycles. The molecule has 1 aromatic heterocycles. The molecule has 0 saturated heterocycles. The van der Waals surface area contributed by atoms with Gasteiger partial charge in [-0.15, -0.1) is 0 Å². The first-order valence-corrected chi connectivity index (χ1v) is 8.66. The van der Waals surface area contributed by atoms with Gasteiger partial charge in [-0.2, -0.15) is 0 Å². The molecule has 0 aromatic carbocycles. The summed E-state index contributed by atoms with van der Waals surface area (Å²) >= 11 is 0. The van der Waals surface area contributed by atoms with Gasteiger partial charge in [-0.05, 0) is 67.1 Å². The fourth-order valence-electron chi connectivity index (χ4n) is 6.09. The van der Waals surface area contributed by atoms with Crippen LogP contribution >= 0.6 is 0 Å². The zero-order chi connectivity index (χ0) is 13.9. The van der Waals surface area contributed by atoms with Crippen LogP contribution in [0, 0.1) is 35.0 Å². The summed E-state index contributed by atoms with van der Waals surface area (Å²) in [6.45, 7) is 1.15. The van der Waals surface area contributed by atoms with E-state index in [-0.39, 0.29) is 0 Å². The monoisotopic (exact) mass is 280 g/mol. The van der Waals surface area contributed by atoms with Crippen LogP contribution in [0.5, 0.6) is 0 Å². The summed E-state index contributed by atoms with van der Waals surface area (Å²) < 4.78 is 2.28. The van der Waals surface area contributed by atoms with Crippen LogP contribution in [0.4, 0.5) is 0 Å². The molecule has 2 saturated carbocycles. The van der Waals surface area contributed by atoms with Gasteiger partial charge in [0.15, 0.2) is 0 Å². The van der Waals surface area contributed by atoms with Crippen molar-refractivity contribution < 1.29 is 0 Å². The molecule has 6 unspecified atom stereocenters. The summed E-state index contributed by atoms with van der Waals surface area (Å²) in [6, 6.07) is 0. The first-order valence-electron chi connectivity index (χ1n) is 8.66. The predicted molar refractivity (Wildman–Crippen MR) is 83.5 cm³/mol. The van der Waals surface area contributed by atoms with Gasteiger partial charge < -0.3 is 4.57 Å². The van der Waals surface area contributed by atoms with Gasteiger partial charge in [0.1, 0.15) is 0 Å². The molecule has 0 amide bonds. The van der Waals surface area contributed by atoms with E-state index < -0.39 is 0 Å². The quantitative estimate of drug-likeness (QED) is 0.760. The molecular formula is C19H24N2. The van der Waals surface area contributed by atoms with Crippen molar-refractivity contribution in [1.82, 2.24) is 9.55 Å². The lowest BCUT2D eigenvalue weighted by Crippen LogP contribution is -2.38. The van der Waals surface area contributed by atoms with E-state index in [1.54, 1.807) is 0 Å². The van der Waals surface area contributed by atoms with Crippen LogP contribution < -0.4 is 0 Å². The Hall–Kier alpha value is -1.31. The van der Waals surface area contributed by atoms with E-state index in [0.717, 1.165) is 36.1 Å². The van der Waals surface area contributed by atoms with Crippen LogP contribution in [0.25, 0.3) is 0 Å². The minimum atomic E-state index is 0.577. The number of fused-ring (bicyclic) bond motifs is 4. The molecule has 0 spiro atoms. The smallest absolute Gasteiger partial charge is 0.0945 e. The number of aromatic nitrogens is 2. The standard InChI is InChI=1S/C19H24N2/c1-3-16-9-14(1)11-18(16)19(5-7-21-8-6-20-13-21)12-15-2-4-17(19)10-15/h1-4,6,8,13-18H,5,7,9-12H2. The molecule has 4 aliphatic rings. The third kappa shape index (κ3) is 1.74. The van der Waals surface area contributed by atoms with Crippen LogP contribution in [0.1, 0.15) is 32.1 Å². The van der Waals surface area contributed by atoms with Gasteiger partial charge in [-0.25, -0.2) is 4.98 Å². The van der Waals surface area contributed by atoms with Gasteiger partial charge in [-0.3, -0.25) is 0 Å². The maximum atomic E-state index is 4.21. The number of allylic oxidation sites excluding steroid dienone is 4. The first kappa shape index (κ1) is 12.3. The van der Waals surface area contributed by atoms with E-state index in [0.29, 0.717) is 5.41 Å². The van der Waals surface area contributed by atoms with Crippen LogP contribution in [0.2, 0.25) is 0 Å². The van der Waals surface area contributed by atoms with Crippen LogP contribution in [0.3, 0.4) is 0 Å². The van der Waals surface area contributed by atoms with Crippen molar-refractivity contribution in [3.8, 4) is 0 Å². The third-order valence-electron chi connectivity index (χ3n) is 6.96. The SMILES string of the molecule is C1=CC2CC1CC2C1(CCn2ccnc2)CC2C=CC1C2. The molecule has 0 radical (unpaired) electrons. The summed E-state index contributed by atoms with van der Waals surface area (Å²) in [6.07, 6.45) is 23.3. The maximum absolute atomic E-state index is 4.21. The second-order valence-electron chi connectivity index (χ2n) is 7.86. The molecule has 0 N–H and O–H groups in total. The lowest BCUT2D eigenvalue weighted by molar-refractivity contribution is 0.0775. The Labute approximate surface area is 127 Å². The Kier molecular flexibility index (Phi) is 2.54. The van der Waals surface area contributed by atoms with Crippen LogP contribution in [0.15, 0.2) is 43.0 Å². The second kappa shape index (κ2) is 4.34. The highest BCUT2D eigenvalue weighted by atomic mass is 15.0. The van der Waals surface area contributed by atoms with E-state index in [1.807, 2.05) is 12.5 Å². The molecule has 1 heterocycles. The lowest BCUT2D eigenvalue weighted by Gasteiger charge is -2.44. The molecule has 21 heavy (non-hydrogen) atoms. The van der Waals surface area contributed by atoms with Crippen LogP contribution in [-0.2, 0) is 6.54 Å². The molecule has 6 atom stereocenters. The van der Waals surface area contributed by atoms with E-state index in [4.69, 9.17) is 0 Å². The number of hydrogen-bond acceptors (Lipinski definition) is 1. The van der Waals surface area contributed by atoms with Crippen molar-refractivity contribution >= 4 is 0 Å². The maximum Gasteiger partial charge on any atom is 0.0945 e. The van der Waals surface area contributed by atoms with Crippen molar-refractivity contribution in [3.63, 3.8) is 0 Å². The molecule has 2 heteroatoms. The fraction of sp³-hybridized carbons (Fsp3) is 0.632. The van der Waals surface area contributed by atoms with Crippen molar-refractivity contribution in [2.24, 2.45) is 35.0 Å². The first-order chi connectivity index (χ1) is 10.3. The van der Waals surface area contributed by atoms with Crippen molar-refractivity contribution in [2.75, 3.05) is 0 Å². The molecule has 5 rings (SSSR count). The summed E-state index contributed by atoms with van der Waals surface area (Å²) in [7, 11) is 0. The molecule has 4 bridgehead atoms. The highest BCUT2D eigenvalue weighted by Gasteiger charge is 2.56. The van der Waals surface area contributed by atoms with Crippen molar-refractivity contribution in [1.29, 1.82) is 0 Å². The fourth-order valence-corrected chi connectivity index (χ4v) is 6.09. The predicted octanol–water partition coefficient (Wildman–Crippen LogP) is 4.07. The number of rotatable bonds is 4. The third-order valence-corrected chi connectivity index (χ3v) is 6.96. The summed E-state index contributed by atoms with van der Waals surface area (Å²) in [4.78, 5) is 4.21. The van der Waals surface area contributed by atoms with Crippen LogP contribution in [-0.4, -0.2) is 9.55 Å². The summed E-state index contributed by atoms with van der Waals surface area (Å²) in [5.41, 5.74) is 0.577. The van der Waals surface area contributed by atoms with E-state index in [2.05, 4.69) is 40.1 Å². The Morgan fingerprint density at radius 2 is 2.00 bits per heavy atom. The molecule has 110 valence electrons. The highest BCUT2D eigenvalue weighted by molar-refractivity contribution is 5.22. The van der Waals surface area contributed by atoms with Gasteiger partial charge in [-0.1, -0.05) is 24.3 Å². The largest absolute Gasteiger partial charge is 0.337 e. The van der Waals surface area contributed by atoms with Gasteiger partial charge in [0, 0.05) is 18.9 Å². The van der Waals surface area contributed by atoms with E-state index in [9.17, 15) is 0 Å². The van der Waals surface area contributed by atoms with Crippen molar-refractivity contribution in [3.05, 3.63) is 43.0 Å². The number of hydrogen-bond donors (Lipinski definition) is 0. The number of nitrogens with zero attached hydrogens (tertiary/aromatic N) is 2. The highest BCUT2D eigenvalue weighted by Crippen LogP contribution is 2.64. The molecule has 2 nitrogen and oxygen atoms in total. The number of imidazole rings is 1. The molecule has 1 aromatic rings. The Bertz CT molecular complexity index is 585. The Balaban J connectivity index is 1.44. The number of aryl methyl sites for hydroxylation is 1. The molecular weight excluding hydrogens is 256 g/mol. The average molecular weight is 280 g/mol. The topological polar surface area (TPSA) is 17.8 Å². The summed E-state index contributed by atoms with van der Waals surface area (Å²) in [5, 5.41) is 0. The Morgan fingerprint density at radius 1 is 1.05 bits per heavy atom. The Morgan fingerprint density at radius 3 is 2.62 bits per heavy atom. The second-order valence-corrected chi connectivity index (χ2v) is 7.86. The average Bonchev–Trinajstić information content (AvgIpc) is 3.31. The normalized spacial score (nSPS) is 46.0. The molecule has 4 aliphatic carbocycles. The van der Waals surface area contributed by atoms with Gasteiger partial charge in [0.25, 0.3) is 0 Å². The summed E-state index contributed by atoms with van der Waals surface area (Å²) in [5.74, 6) is 4.44. The minimum Gasteiger partial charge on any atom is -0.337 e.